The zero-order valence-corrected chi connectivity index (χ0v) is 16.0. The molecule has 9 nitrogen and oxygen atoms in total. The smallest absolute Gasteiger partial charge is 0.229 e. The van der Waals surface area contributed by atoms with Gasteiger partial charge in [0.1, 0.15) is 5.01 Å². The largest absolute Gasteiger partial charge is 0.348 e. The Bertz CT molecular complexity index is 828. The molecule has 1 N–H and O–H groups in total. The number of nitrogens with one attached hydrogen (secondary N) is 1. The fraction of sp³-hybridized carbons (Fsp3) is 0.647. The number of carbonyl (C=O) groups is 2. The molecule has 2 aromatic rings. The normalized spacial score (nSPS) is 20.6. The van der Waals surface area contributed by atoms with Crippen LogP contribution in [0.25, 0.3) is 0 Å². The molecule has 3 heterocycles. The van der Waals surface area contributed by atoms with E-state index in [-0.39, 0.29) is 24.8 Å². The highest BCUT2D eigenvalue weighted by molar-refractivity contribution is 7.15. The molecular weight excluding hydrogens is 368 g/mol. The fourth-order valence-electron chi connectivity index (χ4n) is 3.55. The summed E-state index contributed by atoms with van der Waals surface area (Å²) >= 11 is 1.39. The van der Waals surface area contributed by atoms with E-state index in [1.807, 2.05) is 6.92 Å². The Morgan fingerprint density at radius 2 is 2.15 bits per heavy atom. The van der Waals surface area contributed by atoms with Crippen LogP contribution >= 0.6 is 11.3 Å². The van der Waals surface area contributed by atoms with Crippen molar-refractivity contribution in [3.8, 4) is 0 Å². The van der Waals surface area contributed by atoms with E-state index in [0.717, 1.165) is 24.3 Å². The minimum atomic E-state index is -0.410. The van der Waals surface area contributed by atoms with Gasteiger partial charge in [0.25, 0.3) is 0 Å². The number of aryl methyl sites for hydroxylation is 1. The molecule has 0 aromatic carbocycles. The van der Waals surface area contributed by atoms with E-state index < -0.39 is 5.92 Å². The molecule has 2 aromatic heterocycles. The van der Waals surface area contributed by atoms with Gasteiger partial charge in [0, 0.05) is 18.9 Å². The number of carbonyl (C=O) groups excluding carboxylic acids is 2. The summed E-state index contributed by atoms with van der Waals surface area (Å²) < 4.78 is 5.32. The molecule has 1 saturated heterocycles. The monoisotopic (exact) mass is 390 g/mol. The number of nitrogens with zero attached hydrogens (tertiary/aromatic N) is 5. The molecule has 0 bridgehead atoms. The maximum atomic E-state index is 12.5. The third-order valence-electron chi connectivity index (χ3n) is 5.09. The fourth-order valence-corrected chi connectivity index (χ4v) is 4.36. The first-order valence-corrected chi connectivity index (χ1v) is 10.2. The lowest BCUT2D eigenvalue weighted by Gasteiger charge is -2.12. The third kappa shape index (κ3) is 3.85. The van der Waals surface area contributed by atoms with Crippen LogP contribution < -0.4 is 10.2 Å². The quantitative estimate of drug-likeness (QED) is 0.800. The molecule has 2 fully saturated rings. The highest BCUT2D eigenvalue weighted by Gasteiger charge is 2.36. The molecular formula is C17H22N6O3S. The molecule has 1 aliphatic carbocycles. The lowest BCUT2D eigenvalue weighted by molar-refractivity contribution is -0.126. The minimum absolute atomic E-state index is 0.1000. The average Bonchev–Trinajstić information content (AvgIpc) is 3.45. The standard InChI is InChI=1S/C17H22N6O3S/c1-2-13-20-21-17(27-13)23-9-11(7-14(23)24)15(25)18-8-12-19-16(26-22-12)10-5-3-4-6-10/h10-11H,2-9H2,1H3,(H,18,25). The van der Waals surface area contributed by atoms with Crippen LogP contribution in [-0.4, -0.2) is 38.7 Å². The molecule has 1 unspecified atom stereocenters. The summed E-state index contributed by atoms with van der Waals surface area (Å²) in [5.74, 6) is 0.802. The van der Waals surface area contributed by atoms with Gasteiger partial charge in [-0.25, -0.2) is 0 Å². The second kappa shape index (κ2) is 7.71. The second-order valence-electron chi connectivity index (χ2n) is 6.99. The predicted molar refractivity (Wildman–Crippen MR) is 97.1 cm³/mol. The van der Waals surface area contributed by atoms with Crippen LogP contribution in [-0.2, 0) is 22.6 Å². The van der Waals surface area contributed by atoms with E-state index in [0.29, 0.717) is 29.3 Å². The average molecular weight is 390 g/mol. The van der Waals surface area contributed by atoms with Crippen molar-refractivity contribution in [2.24, 2.45) is 5.92 Å². The molecule has 10 heteroatoms. The zero-order valence-electron chi connectivity index (χ0n) is 15.2. The van der Waals surface area contributed by atoms with Crippen LogP contribution in [0.15, 0.2) is 4.52 Å². The third-order valence-corrected chi connectivity index (χ3v) is 6.18. The maximum Gasteiger partial charge on any atom is 0.229 e. The number of hydrogen-bond acceptors (Lipinski definition) is 8. The summed E-state index contributed by atoms with van der Waals surface area (Å²) in [6.07, 6.45) is 5.50. The van der Waals surface area contributed by atoms with Crippen LogP contribution in [0, 0.1) is 5.92 Å². The van der Waals surface area contributed by atoms with Crippen LogP contribution in [0.3, 0.4) is 0 Å². The first-order valence-electron chi connectivity index (χ1n) is 9.37. The van der Waals surface area contributed by atoms with Crippen molar-refractivity contribution in [3.63, 3.8) is 0 Å². The summed E-state index contributed by atoms with van der Waals surface area (Å²) in [6, 6.07) is 0. The van der Waals surface area contributed by atoms with Crippen LogP contribution in [0.2, 0.25) is 0 Å². The molecule has 2 amide bonds. The molecule has 1 atom stereocenters. The van der Waals surface area contributed by atoms with Crippen molar-refractivity contribution < 1.29 is 14.1 Å². The lowest BCUT2D eigenvalue weighted by Crippen LogP contribution is -2.32. The topological polar surface area (TPSA) is 114 Å². The first kappa shape index (κ1) is 18.0. The predicted octanol–water partition coefficient (Wildman–Crippen LogP) is 1.81. The van der Waals surface area contributed by atoms with Gasteiger partial charge in [-0.05, 0) is 19.3 Å². The number of rotatable bonds is 6. The number of hydrogen-bond donors (Lipinski definition) is 1. The highest BCUT2D eigenvalue weighted by Crippen LogP contribution is 2.33. The second-order valence-corrected chi connectivity index (χ2v) is 8.03. The summed E-state index contributed by atoms with van der Waals surface area (Å²) in [5.41, 5.74) is 0. The molecule has 0 radical (unpaired) electrons. The van der Waals surface area contributed by atoms with Crippen LogP contribution in [0.5, 0.6) is 0 Å². The molecule has 144 valence electrons. The summed E-state index contributed by atoms with van der Waals surface area (Å²) in [4.78, 5) is 30.7. The Labute approximate surface area is 160 Å². The Morgan fingerprint density at radius 3 is 2.89 bits per heavy atom. The van der Waals surface area contributed by atoms with Crippen molar-refractivity contribution in [1.82, 2.24) is 25.7 Å². The van der Waals surface area contributed by atoms with Gasteiger partial charge in [-0.1, -0.05) is 36.3 Å². The van der Waals surface area contributed by atoms with Crippen molar-refractivity contribution >= 4 is 28.3 Å². The van der Waals surface area contributed by atoms with E-state index in [9.17, 15) is 9.59 Å². The molecule has 1 saturated carbocycles. The Balaban J connectivity index is 1.31. The summed E-state index contributed by atoms with van der Waals surface area (Å²) in [7, 11) is 0. The van der Waals surface area contributed by atoms with Gasteiger partial charge in [-0.3, -0.25) is 14.5 Å². The lowest BCUT2D eigenvalue weighted by atomic mass is 10.1. The highest BCUT2D eigenvalue weighted by atomic mass is 32.1. The maximum absolute atomic E-state index is 12.5. The Hall–Kier alpha value is -2.36. The number of aromatic nitrogens is 4. The van der Waals surface area contributed by atoms with Crippen molar-refractivity contribution in [2.75, 3.05) is 11.4 Å². The number of anilines is 1. The van der Waals surface area contributed by atoms with E-state index in [1.54, 1.807) is 4.90 Å². The SMILES string of the molecule is CCc1nnc(N2CC(C(=O)NCc3noc(C4CCCC4)n3)CC2=O)s1. The van der Waals surface area contributed by atoms with Gasteiger partial charge in [0.05, 0.1) is 12.5 Å². The Morgan fingerprint density at radius 1 is 1.33 bits per heavy atom. The van der Waals surface area contributed by atoms with Crippen molar-refractivity contribution in [2.45, 2.75) is 57.9 Å². The summed E-state index contributed by atoms with van der Waals surface area (Å²) in [6.45, 7) is 2.52. The van der Waals surface area contributed by atoms with Crippen LogP contribution in [0.4, 0.5) is 5.13 Å². The van der Waals surface area contributed by atoms with E-state index >= 15 is 0 Å². The van der Waals surface area contributed by atoms with Gasteiger partial charge in [0.2, 0.25) is 22.8 Å². The van der Waals surface area contributed by atoms with Gasteiger partial charge in [-0.2, -0.15) is 4.98 Å². The van der Waals surface area contributed by atoms with Crippen molar-refractivity contribution in [1.29, 1.82) is 0 Å². The first-order chi connectivity index (χ1) is 13.1. The van der Waals surface area contributed by atoms with Crippen LogP contribution in [0.1, 0.15) is 61.7 Å². The van der Waals surface area contributed by atoms with Gasteiger partial charge < -0.3 is 9.84 Å². The van der Waals surface area contributed by atoms with E-state index in [2.05, 4.69) is 25.7 Å². The minimum Gasteiger partial charge on any atom is -0.348 e. The van der Waals surface area contributed by atoms with Gasteiger partial charge >= 0.3 is 0 Å². The molecule has 1 aliphatic heterocycles. The number of amides is 2. The molecule has 2 aliphatic rings. The zero-order chi connectivity index (χ0) is 18.8. The summed E-state index contributed by atoms with van der Waals surface area (Å²) in [5, 5.41) is 16.3. The molecule has 0 spiro atoms. The van der Waals surface area contributed by atoms with Gasteiger partial charge in [-0.15, -0.1) is 10.2 Å². The van der Waals surface area contributed by atoms with E-state index in [4.69, 9.17) is 4.52 Å². The van der Waals surface area contributed by atoms with E-state index in [1.165, 1.54) is 24.2 Å². The molecule has 4 rings (SSSR count). The van der Waals surface area contributed by atoms with Crippen molar-refractivity contribution in [3.05, 3.63) is 16.7 Å². The Kier molecular flexibility index (Phi) is 5.15. The molecule has 27 heavy (non-hydrogen) atoms. The van der Waals surface area contributed by atoms with Gasteiger partial charge in [0.15, 0.2) is 5.82 Å².